The highest BCUT2D eigenvalue weighted by molar-refractivity contribution is 5.46. The molecule has 3 aliphatic rings. The summed E-state index contributed by atoms with van der Waals surface area (Å²) in [6.07, 6.45) is 4.15. The molecular formula is C15H19NO3. The van der Waals surface area contributed by atoms with Gasteiger partial charge in [0.2, 0.25) is 0 Å². The van der Waals surface area contributed by atoms with Crippen molar-refractivity contribution in [3.05, 3.63) is 18.2 Å². The van der Waals surface area contributed by atoms with Crippen LogP contribution in [0.25, 0.3) is 0 Å². The summed E-state index contributed by atoms with van der Waals surface area (Å²) in [6.45, 7) is 3.24. The van der Waals surface area contributed by atoms with Crippen molar-refractivity contribution in [2.45, 2.75) is 31.3 Å². The van der Waals surface area contributed by atoms with E-state index >= 15 is 0 Å². The van der Waals surface area contributed by atoms with Crippen molar-refractivity contribution in [3.63, 3.8) is 0 Å². The lowest BCUT2D eigenvalue weighted by molar-refractivity contribution is 0.170. The lowest BCUT2D eigenvalue weighted by atomic mass is 9.93. The first-order chi connectivity index (χ1) is 9.40. The standard InChI is InChI=1S/C15H19NO3/c1-2-11(3-1)16-9-12(16)10-19-13-4-5-14-15(8-13)18-7-6-17-14/h4-5,8,11-12H,1-3,6-7,9-10H2. The van der Waals surface area contributed by atoms with E-state index in [1.807, 2.05) is 18.2 Å². The average molecular weight is 261 g/mol. The topological polar surface area (TPSA) is 30.7 Å². The minimum atomic E-state index is 0.620. The lowest BCUT2D eigenvalue weighted by Crippen LogP contribution is -2.29. The van der Waals surface area contributed by atoms with Gasteiger partial charge in [0, 0.05) is 18.7 Å². The predicted molar refractivity (Wildman–Crippen MR) is 71.1 cm³/mol. The molecule has 0 aromatic heterocycles. The van der Waals surface area contributed by atoms with Crippen molar-refractivity contribution in [1.29, 1.82) is 0 Å². The molecule has 4 rings (SSSR count). The third kappa shape index (κ3) is 2.25. The summed E-state index contributed by atoms with van der Waals surface area (Å²) in [5, 5.41) is 0. The van der Waals surface area contributed by atoms with Gasteiger partial charge in [-0.1, -0.05) is 6.42 Å². The predicted octanol–water partition coefficient (Wildman–Crippen LogP) is 2.07. The molecule has 0 radical (unpaired) electrons. The first-order valence-electron chi connectivity index (χ1n) is 7.18. The normalized spacial score (nSPS) is 28.6. The molecule has 1 aromatic carbocycles. The van der Waals surface area contributed by atoms with E-state index in [1.54, 1.807) is 0 Å². The zero-order chi connectivity index (χ0) is 12.7. The zero-order valence-electron chi connectivity index (χ0n) is 11.0. The van der Waals surface area contributed by atoms with Crippen LogP contribution in [0.2, 0.25) is 0 Å². The molecule has 4 nitrogen and oxygen atoms in total. The summed E-state index contributed by atoms with van der Waals surface area (Å²) in [6, 6.07) is 7.29. The Kier molecular flexibility index (Phi) is 2.76. The van der Waals surface area contributed by atoms with Crippen LogP contribution in [0.15, 0.2) is 18.2 Å². The number of nitrogens with zero attached hydrogens (tertiary/aromatic N) is 1. The van der Waals surface area contributed by atoms with Gasteiger partial charge in [-0.3, -0.25) is 4.90 Å². The zero-order valence-corrected chi connectivity index (χ0v) is 11.0. The van der Waals surface area contributed by atoms with E-state index < -0.39 is 0 Å². The molecule has 0 amide bonds. The monoisotopic (exact) mass is 261 g/mol. The minimum absolute atomic E-state index is 0.620. The number of hydrogen-bond acceptors (Lipinski definition) is 4. The Morgan fingerprint density at radius 3 is 2.79 bits per heavy atom. The SMILES string of the molecule is c1cc2c(cc1OCC1CN1C1CCC1)OCCO2. The molecule has 0 N–H and O–H groups in total. The molecule has 2 atom stereocenters. The van der Waals surface area contributed by atoms with E-state index in [1.165, 1.54) is 25.8 Å². The van der Waals surface area contributed by atoms with Gasteiger partial charge in [0.25, 0.3) is 0 Å². The molecular weight excluding hydrogens is 242 g/mol. The molecule has 19 heavy (non-hydrogen) atoms. The van der Waals surface area contributed by atoms with Crippen molar-refractivity contribution in [3.8, 4) is 17.2 Å². The van der Waals surface area contributed by atoms with Crippen molar-refractivity contribution in [2.24, 2.45) is 0 Å². The molecule has 1 aromatic rings. The largest absolute Gasteiger partial charge is 0.492 e. The summed E-state index contributed by atoms with van der Waals surface area (Å²) in [4.78, 5) is 2.56. The molecule has 102 valence electrons. The minimum Gasteiger partial charge on any atom is -0.492 e. The Labute approximate surface area is 113 Å². The van der Waals surface area contributed by atoms with E-state index in [9.17, 15) is 0 Å². The third-order valence-corrected chi connectivity index (χ3v) is 4.26. The van der Waals surface area contributed by atoms with Gasteiger partial charge in [0.05, 0.1) is 6.04 Å². The van der Waals surface area contributed by atoms with Gasteiger partial charge < -0.3 is 14.2 Å². The van der Waals surface area contributed by atoms with Gasteiger partial charge in [0.1, 0.15) is 25.6 Å². The fourth-order valence-electron chi connectivity index (χ4n) is 2.82. The average Bonchev–Trinajstić information content (AvgIpc) is 3.13. The van der Waals surface area contributed by atoms with Crippen LogP contribution in [0, 0.1) is 0 Å². The van der Waals surface area contributed by atoms with E-state index in [2.05, 4.69) is 4.90 Å². The van der Waals surface area contributed by atoms with Crippen molar-refractivity contribution in [2.75, 3.05) is 26.4 Å². The Morgan fingerprint density at radius 1 is 1.16 bits per heavy atom. The lowest BCUT2D eigenvalue weighted by Gasteiger charge is -2.27. The van der Waals surface area contributed by atoms with Gasteiger partial charge in [-0.15, -0.1) is 0 Å². The molecule has 4 heteroatoms. The molecule has 0 bridgehead atoms. The molecule has 0 spiro atoms. The summed E-state index contributed by atoms with van der Waals surface area (Å²) in [5.41, 5.74) is 0. The number of rotatable bonds is 4. The van der Waals surface area contributed by atoms with Gasteiger partial charge in [-0.2, -0.15) is 0 Å². The quantitative estimate of drug-likeness (QED) is 0.776. The smallest absolute Gasteiger partial charge is 0.165 e. The fourth-order valence-corrected chi connectivity index (χ4v) is 2.82. The highest BCUT2D eigenvalue weighted by Gasteiger charge is 2.42. The molecule has 1 aliphatic carbocycles. The molecule has 2 aliphatic heterocycles. The molecule has 1 saturated carbocycles. The summed E-state index contributed by atoms with van der Waals surface area (Å²) in [5.74, 6) is 2.50. The van der Waals surface area contributed by atoms with Gasteiger partial charge >= 0.3 is 0 Å². The first-order valence-corrected chi connectivity index (χ1v) is 7.18. The van der Waals surface area contributed by atoms with Gasteiger partial charge in [-0.05, 0) is 25.0 Å². The number of fused-ring (bicyclic) bond motifs is 1. The van der Waals surface area contributed by atoms with E-state index in [-0.39, 0.29) is 0 Å². The van der Waals surface area contributed by atoms with E-state index in [4.69, 9.17) is 14.2 Å². The second-order valence-electron chi connectivity index (χ2n) is 5.55. The molecule has 1 saturated heterocycles. The second kappa shape index (κ2) is 4.60. The Balaban J connectivity index is 1.33. The number of ether oxygens (including phenoxy) is 3. The second-order valence-corrected chi connectivity index (χ2v) is 5.55. The Morgan fingerprint density at radius 2 is 2.00 bits per heavy atom. The fraction of sp³-hybridized carbons (Fsp3) is 0.600. The van der Waals surface area contributed by atoms with Crippen molar-refractivity contribution >= 4 is 0 Å². The number of hydrogen-bond donors (Lipinski definition) is 0. The maximum absolute atomic E-state index is 5.87. The molecule has 2 fully saturated rings. The van der Waals surface area contributed by atoms with Crippen LogP contribution in [0.5, 0.6) is 17.2 Å². The Hall–Kier alpha value is -1.42. The Bertz CT molecular complexity index is 472. The van der Waals surface area contributed by atoms with Gasteiger partial charge in [0.15, 0.2) is 11.5 Å². The van der Waals surface area contributed by atoms with Crippen LogP contribution in [0.3, 0.4) is 0 Å². The summed E-state index contributed by atoms with van der Waals surface area (Å²) >= 11 is 0. The number of benzene rings is 1. The highest BCUT2D eigenvalue weighted by Crippen LogP contribution is 2.36. The molecule has 2 heterocycles. The first kappa shape index (κ1) is 11.4. The maximum atomic E-state index is 5.87. The van der Waals surface area contributed by atoms with Gasteiger partial charge in [-0.25, -0.2) is 0 Å². The van der Waals surface area contributed by atoms with Crippen LogP contribution in [0.4, 0.5) is 0 Å². The van der Waals surface area contributed by atoms with Crippen LogP contribution >= 0.6 is 0 Å². The van der Waals surface area contributed by atoms with E-state index in [0.29, 0.717) is 19.3 Å². The molecule has 2 unspecified atom stereocenters. The van der Waals surface area contributed by atoms with Crippen molar-refractivity contribution in [1.82, 2.24) is 4.90 Å². The third-order valence-electron chi connectivity index (χ3n) is 4.26. The van der Waals surface area contributed by atoms with Crippen LogP contribution in [-0.2, 0) is 0 Å². The van der Waals surface area contributed by atoms with E-state index in [0.717, 1.165) is 29.9 Å². The summed E-state index contributed by atoms with van der Waals surface area (Å²) in [7, 11) is 0. The van der Waals surface area contributed by atoms with Crippen LogP contribution in [-0.4, -0.2) is 43.3 Å². The summed E-state index contributed by atoms with van der Waals surface area (Å²) < 4.78 is 16.9. The maximum Gasteiger partial charge on any atom is 0.165 e. The van der Waals surface area contributed by atoms with Crippen molar-refractivity contribution < 1.29 is 14.2 Å². The van der Waals surface area contributed by atoms with Crippen LogP contribution in [0.1, 0.15) is 19.3 Å². The van der Waals surface area contributed by atoms with Crippen LogP contribution < -0.4 is 14.2 Å². The highest BCUT2D eigenvalue weighted by atomic mass is 16.6.